The van der Waals surface area contributed by atoms with Crippen molar-refractivity contribution in [2.45, 2.75) is 44.1 Å². The first-order chi connectivity index (χ1) is 9.13. The molecule has 4 aliphatic rings. The fourth-order valence-electron chi connectivity index (χ4n) is 4.95. The molecule has 102 valence electrons. The molecule has 0 atom stereocenters. The number of nitrogens with one attached hydrogen (secondary N) is 1. The predicted octanol–water partition coefficient (Wildman–Crippen LogP) is 4.27. The van der Waals surface area contributed by atoms with Gasteiger partial charge in [-0.05, 0) is 72.2 Å². The lowest BCUT2D eigenvalue weighted by atomic mass is 9.53. The van der Waals surface area contributed by atoms with Crippen LogP contribution in [0, 0.1) is 17.8 Å². The first kappa shape index (κ1) is 12.4. The van der Waals surface area contributed by atoms with Gasteiger partial charge in [0.05, 0.1) is 4.47 Å². The van der Waals surface area contributed by atoms with Gasteiger partial charge >= 0.3 is 0 Å². The maximum Gasteiger partial charge on any atom is 0.148 e. The average molecular weight is 343 g/mol. The highest BCUT2D eigenvalue weighted by atomic mass is 79.9. The monoisotopic (exact) mass is 341 g/mol. The number of aromatic nitrogens is 2. The number of nitrogens with zero attached hydrogens (tertiary/aromatic N) is 2. The molecule has 1 heterocycles. The molecule has 5 heteroatoms. The summed E-state index contributed by atoms with van der Waals surface area (Å²) in [6, 6.07) is 0. The SMILES string of the molecule is Clc1ncnc(NC23CC4CC(CC(C4)C2)C3)c1Br. The van der Waals surface area contributed by atoms with Crippen LogP contribution in [0.4, 0.5) is 5.82 Å². The first-order valence-corrected chi connectivity index (χ1v) is 8.25. The number of rotatable bonds is 2. The van der Waals surface area contributed by atoms with Gasteiger partial charge in [-0.15, -0.1) is 0 Å². The molecule has 0 aliphatic heterocycles. The summed E-state index contributed by atoms with van der Waals surface area (Å²) in [4.78, 5) is 8.36. The molecule has 4 aliphatic carbocycles. The van der Waals surface area contributed by atoms with E-state index in [9.17, 15) is 0 Å². The van der Waals surface area contributed by atoms with Crippen molar-refractivity contribution < 1.29 is 0 Å². The summed E-state index contributed by atoms with van der Waals surface area (Å²) in [5.41, 5.74) is 0.259. The van der Waals surface area contributed by atoms with Crippen molar-refractivity contribution in [1.82, 2.24) is 9.97 Å². The molecular formula is C14H17BrClN3. The largest absolute Gasteiger partial charge is 0.364 e. The Kier molecular flexibility index (Phi) is 2.82. The van der Waals surface area contributed by atoms with E-state index in [1.54, 1.807) is 0 Å². The normalized spacial score (nSPS) is 39.6. The summed E-state index contributed by atoms with van der Waals surface area (Å²) in [6.07, 6.45) is 9.79. The van der Waals surface area contributed by atoms with Crippen molar-refractivity contribution in [2.75, 3.05) is 5.32 Å². The lowest BCUT2D eigenvalue weighted by Gasteiger charge is -2.57. The van der Waals surface area contributed by atoms with Gasteiger partial charge in [0.15, 0.2) is 0 Å². The second kappa shape index (κ2) is 4.32. The Bertz CT molecular complexity index is 484. The predicted molar refractivity (Wildman–Crippen MR) is 79.3 cm³/mol. The van der Waals surface area contributed by atoms with Crippen LogP contribution in [0.1, 0.15) is 38.5 Å². The Morgan fingerprint density at radius 2 is 1.68 bits per heavy atom. The Hall–Kier alpha value is -0.350. The minimum absolute atomic E-state index is 0.259. The second-order valence-electron chi connectivity index (χ2n) is 6.65. The number of anilines is 1. The van der Waals surface area contributed by atoms with E-state index >= 15 is 0 Å². The molecule has 4 fully saturated rings. The van der Waals surface area contributed by atoms with Crippen molar-refractivity contribution in [3.63, 3.8) is 0 Å². The van der Waals surface area contributed by atoms with Gasteiger partial charge in [0.2, 0.25) is 0 Å². The summed E-state index contributed by atoms with van der Waals surface area (Å²) in [6.45, 7) is 0. The van der Waals surface area contributed by atoms with Crippen LogP contribution in [-0.2, 0) is 0 Å². The van der Waals surface area contributed by atoms with Gasteiger partial charge in [0.25, 0.3) is 0 Å². The molecule has 4 bridgehead atoms. The smallest absolute Gasteiger partial charge is 0.148 e. The Morgan fingerprint density at radius 1 is 1.11 bits per heavy atom. The van der Waals surface area contributed by atoms with Gasteiger partial charge in [0, 0.05) is 5.54 Å². The Labute approximate surface area is 126 Å². The molecule has 0 unspecified atom stereocenters. The van der Waals surface area contributed by atoms with Crippen LogP contribution in [-0.4, -0.2) is 15.5 Å². The minimum atomic E-state index is 0.259. The Morgan fingerprint density at radius 3 is 2.26 bits per heavy atom. The molecule has 0 spiro atoms. The van der Waals surface area contributed by atoms with Crippen LogP contribution in [0.25, 0.3) is 0 Å². The van der Waals surface area contributed by atoms with Crippen molar-refractivity contribution in [3.8, 4) is 0 Å². The summed E-state index contributed by atoms with van der Waals surface area (Å²) in [5, 5.41) is 4.20. The number of hydrogen-bond donors (Lipinski definition) is 1. The third-order valence-electron chi connectivity index (χ3n) is 5.17. The first-order valence-electron chi connectivity index (χ1n) is 7.08. The zero-order chi connectivity index (χ0) is 13.0. The summed E-state index contributed by atoms with van der Waals surface area (Å²) >= 11 is 9.56. The lowest BCUT2D eigenvalue weighted by Crippen LogP contribution is -2.54. The molecule has 3 nitrogen and oxygen atoms in total. The molecule has 0 radical (unpaired) electrons. The van der Waals surface area contributed by atoms with Crippen molar-refractivity contribution in [2.24, 2.45) is 17.8 Å². The average Bonchev–Trinajstić information content (AvgIpc) is 2.33. The van der Waals surface area contributed by atoms with Gasteiger partial charge < -0.3 is 5.32 Å². The molecular weight excluding hydrogens is 326 g/mol. The highest BCUT2D eigenvalue weighted by Crippen LogP contribution is 2.56. The van der Waals surface area contributed by atoms with Crippen LogP contribution < -0.4 is 5.32 Å². The fourth-order valence-corrected chi connectivity index (χ4v) is 5.39. The van der Waals surface area contributed by atoms with E-state index in [1.807, 2.05) is 0 Å². The van der Waals surface area contributed by atoms with Crippen molar-refractivity contribution in [3.05, 3.63) is 16.0 Å². The zero-order valence-electron chi connectivity index (χ0n) is 10.7. The van der Waals surface area contributed by atoms with Gasteiger partial charge in [-0.25, -0.2) is 9.97 Å². The second-order valence-corrected chi connectivity index (χ2v) is 7.80. The third kappa shape index (κ3) is 2.07. The summed E-state index contributed by atoms with van der Waals surface area (Å²) in [7, 11) is 0. The highest BCUT2D eigenvalue weighted by Gasteiger charge is 2.51. The van der Waals surface area contributed by atoms with E-state index in [2.05, 4.69) is 31.2 Å². The summed E-state index contributed by atoms with van der Waals surface area (Å²) < 4.78 is 0.799. The highest BCUT2D eigenvalue weighted by molar-refractivity contribution is 9.10. The molecule has 1 aromatic heterocycles. The molecule has 0 aromatic carbocycles. The molecule has 1 N–H and O–H groups in total. The lowest BCUT2D eigenvalue weighted by molar-refractivity contribution is 0.0105. The molecule has 0 saturated heterocycles. The van der Waals surface area contributed by atoms with E-state index in [4.69, 9.17) is 11.6 Å². The van der Waals surface area contributed by atoms with Crippen LogP contribution in [0.15, 0.2) is 10.8 Å². The maximum absolute atomic E-state index is 6.06. The number of halogens is 2. The maximum atomic E-state index is 6.06. The molecule has 19 heavy (non-hydrogen) atoms. The van der Waals surface area contributed by atoms with Crippen LogP contribution in [0.5, 0.6) is 0 Å². The van der Waals surface area contributed by atoms with Crippen LogP contribution >= 0.6 is 27.5 Å². The molecule has 5 rings (SSSR count). The van der Waals surface area contributed by atoms with Gasteiger partial charge in [-0.1, -0.05) is 11.6 Å². The number of hydrogen-bond acceptors (Lipinski definition) is 3. The van der Waals surface area contributed by atoms with Crippen molar-refractivity contribution in [1.29, 1.82) is 0 Å². The van der Waals surface area contributed by atoms with E-state index in [0.717, 1.165) is 28.0 Å². The van der Waals surface area contributed by atoms with E-state index in [-0.39, 0.29) is 5.54 Å². The molecule has 0 amide bonds. The van der Waals surface area contributed by atoms with E-state index in [0.29, 0.717) is 5.15 Å². The summed E-state index contributed by atoms with van der Waals surface area (Å²) in [5.74, 6) is 3.64. The van der Waals surface area contributed by atoms with Gasteiger partial charge in [-0.2, -0.15) is 0 Å². The standard InChI is InChI=1S/C14H17BrClN3/c15-11-12(16)17-7-18-13(11)19-14-4-8-1-9(5-14)3-10(2-8)6-14/h7-10H,1-6H2,(H,17,18,19). The van der Waals surface area contributed by atoms with Crippen molar-refractivity contribution >= 4 is 33.3 Å². The minimum Gasteiger partial charge on any atom is -0.364 e. The topological polar surface area (TPSA) is 37.8 Å². The zero-order valence-corrected chi connectivity index (χ0v) is 13.0. The van der Waals surface area contributed by atoms with Crippen LogP contribution in [0.3, 0.4) is 0 Å². The van der Waals surface area contributed by atoms with Gasteiger partial charge in [0.1, 0.15) is 17.3 Å². The van der Waals surface area contributed by atoms with E-state index < -0.39 is 0 Å². The Balaban J connectivity index is 1.64. The molecule has 1 aromatic rings. The third-order valence-corrected chi connectivity index (χ3v) is 6.43. The van der Waals surface area contributed by atoms with E-state index in [1.165, 1.54) is 44.9 Å². The van der Waals surface area contributed by atoms with Gasteiger partial charge in [-0.3, -0.25) is 0 Å². The fraction of sp³-hybridized carbons (Fsp3) is 0.714. The van der Waals surface area contributed by atoms with Crippen LogP contribution in [0.2, 0.25) is 5.15 Å². The quantitative estimate of drug-likeness (QED) is 0.815. The molecule has 4 saturated carbocycles.